The van der Waals surface area contributed by atoms with Crippen LogP contribution in [0.4, 0.5) is 26.3 Å². The smallest absolute Gasteiger partial charge is 0.376 e. The molecule has 1 atom stereocenters. The third-order valence-electron chi connectivity index (χ3n) is 5.18. The van der Waals surface area contributed by atoms with E-state index in [1.807, 2.05) is 46.8 Å². The summed E-state index contributed by atoms with van der Waals surface area (Å²) in [6.45, 7) is 0.966. The van der Waals surface area contributed by atoms with Crippen LogP contribution in [-0.2, 0) is 25.4 Å². The van der Waals surface area contributed by atoms with Crippen LogP contribution in [0.25, 0.3) is 0 Å². The lowest BCUT2D eigenvalue weighted by molar-refractivity contribution is -0.803. The van der Waals surface area contributed by atoms with Gasteiger partial charge in [-0.05, 0) is 51.8 Å². The Morgan fingerprint density at radius 2 is 1.41 bits per heavy atom. The van der Waals surface area contributed by atoms with Crippen molar-refractivity contribution in [3.63, 3.8) is 0 Å². The number of hydrogen-bond acceptors (Lipinski definition) is 1. The van der Waals surface area contributed by atoms with E-state index in [0.29, 0.717) is 13.1 Å². The second-order valence-electron chi connectivity index (χ2n) is 7.87. The van der Waals surface area contributed by atoms with Crippen molar-refractivity contribution in [1.82, 2.24) is 4.90 Å². The van der Waals surface area contributed by atoms with E-state index in [1.165, 1.54) is 24.3 Å². The predicted octanol–water partition coefficient (Wildman–Crippen LogP) is 6.48. The van der Waals surface area contributed by atoms with Gasteiger partial charge in [0.2, 0.25) is 0 Å². The van der Waals surface area contributed by atoms with Crippen molar-refractivity contribution in [3.05, 3.63) is 117 Å². The van der Waals surface area contributed by atoms with Gasteiger partial charge < -0.3 is 4.90 Å². The van der Waals surface area contributed by atoms with E-state index in [9.17, 15) is 26.3 Å². The fourth-order valence-electron chi connectivity index (χ4n) is 3.37. The van der Waals surface area contributed by atoms with E-state index in [1.54, 1.807) is 0 Å². The van der Waals surface area contributed by atoms with Crippen LogP contribution >= 0.6 is 22.6 Å². The minimum absolute atomic E-state index is 0.448. The van der Waals surface area contributed by atoms with Crippen LogP contribution in [0.1, 0.15) is 22.3 Å². The second-order valence-corrected chi connectivity index (χ2v) is 8.49. The Hall–Kier alpha value is -2.53. The first kappa shape index (κ1) is 26.1. The average molecular weight is 591 g/mol. The normalized spacial score (nSPS) is 16.9. The van der Waals surface area contributed by atoms with Gasteiger partial charge in [0.1, 0.15) is 12.7 Å². The van der Waals surface area contributed by atoms with Gasteiger partial charge in [-0.25, -0.2) is 0 Å². The number of quaternary nitrogens is 1. The van der Waals surface area contributed by atoms with Gasteiger partial charge in [0.15, 0.2) is 0 Å². The molecule has 0 bridgehead atoms. The first-order valence-electron chi connectivity index (χ1n) is 10.2. The number of rotatable bonds is 7. The highest BCUT2D eigenvalue weighted by molar-refractivity contribution is 14.1. The summed E-state index contributed by atoms with van der Waals surface area (Å²) in [4.78, 5) is 2.85. The molecule has 1 aliphatic heterocycles. The summed E-state index contributed by atoms with van der Waals surface area (Å²) >= 11 is 2.13. The largest absolute Gasteiger partial charge is 0.416 e. The highest BCUT2D eigenvalue weighted by Gasteiger charge is 2.30. The van der Waals surface area contributed by atoms with E-state index in [0.717, 1.165) is 51.4 Å². The molecule has 2 aromatic carbocycles. The first-order valence-corrected chi connectivity index (χ1v) is 11.5. The highest BCUT2D eigenvalue weighted by atomic mass is 127. The van der Waals surface area contributed by atoms with Gasteiger partial charge in [-0.1, -0.05) is 46.9 Å². The molecule has 0 fully saturated rings. The molecule has 1 N–H and O–H groups in total. The molecule has 1 aliphatic rings. The molecule has 0 radical (unpaired) electrons. The molecule has 0 amide bonds. The summed E-state index contributed by atoms with van der Waals surface area (Å²) in [5.41, 5.74) is 2.12. The van der Waals surface area contributed by atoms with Gasteiger partial charge in [0.05, 0.1) is 17.3 Å². The molecular formula is C25H22F6IN2+. The minimum Gasteiger partial charge on any atom is -0.376 e. The van der Waals surface area contributed by atoms with Gasteiger partial charge in [0, 0.05) is 30.8 Å². The number of halogens is 7. The van der Waals surface area contributed by atoms with Crippen molar-refractivity contribution in [2.75, 3.05) is 7.05 Å². The van der Waals surface area contributed by atoms with Crippen LogP contribution in [0.2, 0.25) is 0 Å². The van der Waals surface area contributed by atoms with E-state index in [4.69, 9.17) is 0 Å². The molecule has 0 spiro atoms. The summed E-state index contributed by atoms with van der Waals surface area (Å²) in [6.07, 6.45) is 0.936. The summed E-state index contributed by atoms with van der Waals surface area (Å²) in [6, 6.07) is 10.2. The topological polar surface area (TPSA) is 7.68 Å². The molecule has 1 heterocycles. The average Bonchev–Trinajstić information content (AvgIpc) is 3.22. The van der Waals surface area contributed by atoms with Crippen LogP contribution in [-0.4, -0.2) is 11.9 Å². The van der Waals surface area contributed by atoms with Crippen molar-refractivity contribution in [3.8, 4) is 0 Å². The summed E-state index contributed by atoms with van der Waals surface area (Å²) in [5, 5.41) is 0. The Kier molecular flexibility index (Phi) is 8.29. The zero-order valence-corrected chi connectivity index (χ0v) is 20.2. The molecule has 0 saturated carbocycles. The van der Waals surface area contributed by atoms with Crippen molar-refractivity contribution in [1.29, 1.82) is 0 Å². The minimum atomic E-state index is -4.35. The molecule has 2 nitrogen and oxygen atoms in total. The Bertz CT molecular complexity index is 1090. The molecule has 3 rings (SSSR count). The quantitative estimate of drug-likeness (QED) is 0.220. The maximum atomic E-state index is 12.7. The van der Waals surface area contributed by atoms with Gasteiger partial charge in [-0.2, -0.15) is 26.3 Å². The SMILES string of the molecule is CN(C=CC(=CI)C1=C[NH+](Cc2ccc(C(F)(F)F)cc2)C=C1)Cc1ccc(C(F)(F)F)cc1. The number of nitrogens with one attached hydrogen (secondary N) is 1. The van der Waals surface area contributed by atoms with Crippen molar-refractivity contribution < 1.29 is 31.2 Å². The van der Waals surface area contributed by atoms with Crippen molar-refractivity contribution >= 4 is 22.6 Å². The monoisotopic (exact) mass is 591 g/mol. The van der Waals surface area contributed by atoms with Gasteiger partial charge in [-0.3, -0.25) is 4.90 Å². The Balaban J connectivity index is 1.58. The van der Waals surface area contributed by atoms with E-state index >= 15 is 0 Å². The number of alkyl halides is 6. The zero-order valence-electron chi connectivity index (χ0n) is 18.1. The third kappa shape index (κ3) is 7.23. The van der Waals surface area contributed by atoms with E-state index in [-0.39, 0.29) is 0 Å². The van der Waals surface area contributed by atoms with Crippen LogP contribution in [0, 0.1) is 0 Å². The first-order chi connectivity index (χ1) is 16.0. The van der Waals surface area contributed by atoms with E-state index < -0.39 is 23.5 Å². The highest BCUT2D eigenvalue weighted by Crippen LogP contribution is 2.30. The molecule has 9 heteroatoms. The van der Waals surface area contributed by atoms with Crippen LogP contribution in [0.3, 0.4) is 0 Å². The van der Waals surface area contributed by atoms with Crippen molar-refractivity contribution in [2.24, 2.45) is 0 Å². The Labute approximate surface area is 207 Å². The summed E-state index contributed by atoms with van der Waals surface area (Å²) < 4.78 is 78.2. The van der Waals surface area contributed by atoms with Crippen LogP contribution in [0.5, 0.6) is 0 Å². The van der Waals surface area contributed by atoms with Crippen LogP contribution < -0.4 is 4.90 Å². The molecular weight excluding hydrogens is 569 g/mol. The van der Waals surface area contributed by atoms with Gasteiger partial charge in [0.25, 0.3) is 0 Å². The molecule has 0 saturated heterocycles. The summed E-state index contributed by atoms with van der Waals surface area (Å²) in [7, 11) is 1.83. The number of nitrogens with zero attached hydrogens (tertiary/aromatic N) is 1. The lowest BCUT2D eigenvalue weighted by Gasteiger charge is -2.15. The number of benzene rings is 2. The fourth-order valence-corrected chi connectivity index (χ4v) is 3.94. The second kappa shape index (κ2) is 10.8. The van der Waals surface area contributed by atoms with Crippen molar-refractivity contribution in [2.45, 2.75) is 25.4 Å². The molecule has 180 valence electrons. The lowest BCUT2D eigenvalue weighted by atomic mass is 10.1. The molecule has 0 aromatic heterocycles. The van der Waals surface area contributed by atoms with Gasteiger partial charge in [-0.15, -0.1) is 0 Å². The maximum Gasteiger partial charge on any atom is 0.416 e. The fraction of sp³-hybridized carbons (Fsp3) is 0.200. The van der Waals surface area contributed by atoms with Crippen LogP contribution in [0.15, 0.2) is 94.5 Å². The third-order valence-corrected chi connectivity index (χ3v) is 5.85. The standard InChI is InChI=1S/C25H21F6IN2/c1-33(15-18-2-6-22(7-3-18)24(26,27)28)12-10-20(14-32)21-11-13-34(17-21)16-19-4-8-23(9-5-19)25(29,30)31/h2-14,17H,15-16H2,1H3/p+1. The molecule has 34 heavy (non-hydrogen) atoms. The van der Waals surface area contributed by atoms with E-state index in [2.05, 4.69) is 22.6 Å². The molecule has 1 unspecified atom stereocenters. The Morgan fingerprint density at radius 1 is 0.882 bits per heavy atom. The maximum absolute atomic E-state index is 12.7. The Morgan fingerprint density at radius 3 is 1.91 bits per heavy atom. The lowest BCUT2D eigenvalue weighted by Crippen LogP contribution is -3.00. The number of allylic oxidation sites excluding steroid dienone is 4. The number of hydrogen-bond donors (Lipinski definition) is 1. The summed E-state index contributed by atoms with van der Waals surface area (Å²) in [5.74, 6) is 0. The predicted molar refractivity (Wildman–Crippen MR) is 127 cm³/mol. The molecule has 0 aliphatic carbocycles. The zero-order chi connectivity index (χ0) is 24.9. The molecule has 2 aromatic rings. The van der Waals surface area contributed by atoms with Gasteiger partial charge >= 0.3 is 12.4 Å².